The first-order valence-corrected chi connectivity index (χ1v) is 8.89. The fourth-order valence-electron chi connectivity index (χ4n) is 4.83. The van der Waals surface area contributed by atoms with Crippen LogP contribution < -0.4 is 5.43 Å². The molecule has 1 aromatic carbocycles. The van der Waals surface area contributed by atoms with Gasteiger partial charge in [-0.05, 0) is 60.3 Å². The van der Waals surface area contributed by atoms with Gasteiger partial charge in [0.05, 0.1) is 5.92 Å². The van der Waals surface area contributed by atoms with Crippen molar-refractivity contribution in [2.75, 3.05) is 0 Å². The first-order valence-electron chi connectivity index (χ1n) is 8.51. The highest BCUT2D eigenvalue weighted by Gasteiger charge is 2.67. The lowest BCUT2D eigenvalue weighted by atomic mass is 9.83. The number of nitrogens with one attached hydrogen (secondary N) is 1. The third kappa shape index (κ3) is 2.41. The molecular formula is C19H19ClN2O3. The maximum absolute atomic E-state index is 12.9. The summed E-state index contributed by atoms with van der Waals surface area (Å²) in [6.07, 6.45) is 7.02. The SMILES string of the molecule is CC1C(C(=O)N(C=O)NC(=O)c2ccc(Cl)cc2)C2C=CC1C21CC1. The molecule has 130 valence electrons. The van der Waals surface area contributed by atoms with E-state index in [1.807, 2.05) is 0 Å². The maximum atomic E-state index is 12.9. The average molecular weight is 359 g/mol. The summed E-state index contributed by atoms with van der Waals surface area (Å²) in [7, 11) is 0. The number of benzene rings is 1. The van der Waals surface area contributed by atoms with Crippen molar-refractivity contribution in [1.82, 2.24) is 10.4 Å². The molecule has 3 aliphatic carbocycles. The normalized spacial score (nSPS) is 30.3. The van der Waals surface area contributed by atoms with Gasteiger partial charge < -0.3 is 0 Å². The molecule has 0 heterocycles. The number of hydrogen-bond acceptors (Lipinski definition) is 3. The summed E-state index contributed by atoms with van der Waals surface area (Å²) in [6, 6.07) is 6.27. The van der Waals surface area contributed by atoms with E-state index in [0.29, 0.717) is 22.9 Å². The number of imide groups is 1. The van der Waals surface area contributed by atoms with E-state index in [1.165, 1.54) is 0 Å². The van der Waals surface area contributed by atoms with Crippen molar-refractivity contribution < 1.29 is 14.4 Å². The second-order valence-electron chi connectivity index (χ2n) is 7.32. The lowest BCUT2D eigenvalue weighted by Crippen LogP contribution is -2.49. The van der Waals surface area contributed by atoms with Crippen LogP contribution in [0.4, 0.5) is 0 Å². The Kier molecular flexibility index (Phi) is 3.72. The lowest BCUT2D eigenvalue weighted by Gasteiger charge is -2.27. The van der Waals surface area contributed by atoms with Crippen molar-refractivity contribution in [3.05, 3.63) is 47.0 Å². The molecule has 1 spiro atoms. The molecule has 3 aliphatic rings. The molecule has 2 saturated carbocycles. The highest BCUT2D eigenvalue weighted by Crippen LogP contribution is 2.71. The first-order chi connectivity index (χ1) is 12.0. The van der Waals surface area contributed by atoms with Crippen LogP contribution in [0.15, 0.2) is 36.4 Å². The zero-order chi connectivity index (χ0) is 17.8. The van der Waals surface area contributed by atoms with Crippen molar-refractivity contribution in [2.45, 2.75) is 19.8 Å². The molecule has 1 aromatic rings. The fraction of sp³-hybridized carbons (Fsp3) is 0.421. The number of allylic oxidation sites excluding steroid dienone is 2. The highest BCUT2D eigenvalue weighted by molar-refractivity contribution is 6.30. The molecule has 4 unspecified atom stereocenters. The van der Waals surface area contributed by atoms with E-state index in [2.05, 4.69) is 24.5 Å². The molecule has 2 bridgehead atoms. The molecule has 2 fully saturated rings. The van der Waals surface area contributed by atoms with E-state index in [-0.39, 0.29) is 29.1 Å². The lowest BCUT2D eigenvalue weighted by molar-refractivity contribution is -0.146. The molecule has 4 atom stereocenters. The van der Waals surface area contributed by atoms with E-state index < -0.39 is 5.91 Å². The zero-order valence-electron chi connectivity index (χ0n) is 13.8. The first kappa shape index (κ1) is 16.3. The van der Waals surface area contributed by atoms with Crippen molar-refractivity contribution in [1.29, 1.82) is 0 Å². The Morgan fingerprint density at radius 1 is 1.20 bits per heavy atom. The summed E-state index contributed by atoms with van der Waals surface area (Å²) < 4.78 is 0. The summed E-state index contributed by atoms with van der Waals surface area (Å²) in [5.74, 6) is -0.326. The van der Waals surface area contributed by atoms with Gasteiger partial charge in [0.1, 0.15) is 0 Å². The van der Waals surface area contributed by atoms with Gasteiger partial charge in [0.2, 0.25) is 6.41 Å². The summed E-state index contributed by atoms with van der Waals surface area (Å²) in [5.41, 5.74) is 2.98. The van der Waals surface area contributed by atoms with Gasteiger partial charge in [0.25, 0.3) is 11.8 Å². The quantitative estimate of drug-likeness (QED) is 0.513. The van der Waals surface area contributed by atoms with Gasteiger partial charge in [0.15, 0.2) is 0 Å². The predicted molar refractivity (Wildman–Crippen MR) is 92.3 cm³/mol. The smallest absolute Gasteiger partial charge is 0.270 e. The van der Waals surface area contributed by atoms with Crippen LogP contribution in [0.5, 0.6) is 0 Å². The van der Waals surface area contributed by atoms with E-state index in [9.17, 15) is 14.4 Å². The second-order valence-corrected chi connectivity index (χ2v) is 7.75. The average Bonchev–Trinajstić information content (AvgIpc) is 3.27. The maximum Gasteiger partial charge on any atom is 0.270 e. The summed E-state index contributed by atoms with van der Waals surface area (Å²) in [4.78, 5) is 36.7. The predicted octanol–water partition coefficient (Wildman–Crippen LogP) is 2.82. The molecule has 6 heteroatoms. The molecule has 5 nitrogen and oxygen atoms in total. The van der Waals surface area contributed by atoms with Crippen LogP contribution in [0.2, 0.25) is 5.02 Å². The fourth-order valence-corrected chi connectivity index (χ4v) is 4.96. The minimum absolute atomic E-state index is 0.176. The Bertz CT molecular complexity index is 769. The molecule has 1 N–H and O–H groups in total. The van der Waals surface area contributed by atoms with Gasteiger partial charge in [-0.25, -0.2) is 0 Å². The Morgan fingerprint density at radius 2 is 1.84 bits per heavy atom. The van der Waals surface area contributed by atoms with Crippen molar-refractivity contribution in [3.8, 4) is 0 Å². The van der Waals surface area contributed by atoms with Crippen molar-refractivity contribution in [2.24, 2.45) is 29.1 Å². The van der Waals surface area contributed by atoms with Crippen LogP contribution in [0.3, 0.4) is 0 Å². The molecule has 0 saturated heterocycles. The number of nitrogens with zero attached hydrogens (tertiary/aromatic N) is 1. The molecule has 0 radical (unpaired) electrons. The monoisotopic (exact) mass is 358 g/mol. The van der Waals surface area contributed by atoms with Crippen molar-refractivity contribution >= 4 is 29.8 Å². The highest BCUT2D eigenvalue weighted by atomic mass is 35.5. The minimum Gasteiger partial charge on any atom is -0.276 e. The Balaban J connectivity index is 1.50. The molecule has 25 heavy (non-hydrogen) atoms. The molecule has 0 aliphatic heterocycles. The molecule has 4 rings (SSSR count). The third-order valence-corrected chi connectivity index (χ3v) is 6.41. The van der Waals surface area contributed by atoms with Gasteiger partial charge in [-0.3, -0.25) is 19.8 Å². The third-order valence-electron chi connectivity index (χ3n) is 6.16. The van der Waals surface area contributed by atoms with Gasteiger partial charge in [-0.2, -0.15) is 5.01 Å². The van der Waals surface area contributed by atoms with E-state index in [0.717, 1.165) is 17.9 Å². The van der Waals surface area contributed by atoms with Gasteiger partial charge >= 0.3 is 0 Å². The summed E-state index contributed by atoms with van der Waals surface area (Å²) >= 11 is 5.81. The number of amides is 3. The minimum atomic E-state index is -0.510. The molecular weight excluding hydrogens is 340 g/mol. The van der Waals surface area contributed by atoms with Crippen LogP contribution in [-0.2, 0) is 9.59 Å². The molecule has 3 amide bonds. The number of hydrazine groups is 1. The van der Waals surface area contributed by atoms with E-state index in [1.54, 1.807) is 24.3 Å². The zero-order valence-corrected chi connectivity index (χ0v) is 14.6. The largest absolute Gasteiger partial charge is 0.276 e. The van der Waals surface area contributed by atoms with Crippen molar-refractivity contribution in [3.63, 3.8) is 0 Å². The number of carbonyl (C=O) groups is 3. The second kappa shape index (κ2) is 5.70. The summed E-state index contributed by atoms with van der Waals surface area (Å²) in [5, 5.41) is 1.32. The van der Waals surface area contributed by atoms with Crippen LogP contribution >= 0.6 is 11.6 Å². The summed E-state index contributed by atoms with van der Waals surface area (Å²) in [6.45, 7) is 2.07. The van der Waals surface area contributed by atoms with Gasteiger partial charge in [0, 0.05) is 10.6 Å². The number of halogens is 1. The van der Waals surface area contributed by atoms with Gasteiger partial charge in [-0.1, -0.05) is 30.7 Å². The molecule has 0 aromatic heterocycles. The number of rotatable bonds is 3. The van der Waals surface area contributed by atoms with Gasteiger partial charge in [-0.15, -0.1) is 0 Å². The van der Waals surface area contributed by atoms with E-state index in [4.69, 9.17) is 11.6 Å². The Hall–Kier alpha value is -2.14. The van der Waals surface area contributed by atoms with Crippen LogP contribution in [0.1, 0.15) is 30.1 Å². The van der Waals surface area contributed by atoms with Crippen LogP contribution in [0.25, 0.3) is 0 Å². The standard InChI is InChI=1S/C19H19ClN2O3/c1-11-14-6-7-15(19(14)8-9-19)16(11)18(25)22(10-23)21-17(24)12-2-4-13(20)5-3-12/h2-7,10-11,14-16H,8-9H2,1H3,(H,21,24). The van der Waals surface area contributed by atoms with Crippen LogP contribution in [0, 0.1) is 29.1 Å². The van der Waals surface area contributed by atoms with E-state index >= 15 is 0 Å². The Labute approximate surface area is 151 Å². The topological polar surface area (TPSA) is 66.5 Å². The number of carbonyl (C=O) groups excluding carboxylic acids is 3. The number of hydrogen-bond donors (Lipinski definition) is 1. The Morgan fingerprint density at radius 3 is 2.40 bits per heavy atom. The van der Waals surface area contributed by atoms with Crippen LogP contribution in [-0.4, -0.2) is 23.2 Å².